The van der Waals surface area contributed by atoms with Crippen LogP contribution in [0.1, 0.15) is 21.5 Å². The number of methoxy groups -OCH3 is 1. The first-order chi connectivity index (χ1) is 13.0. The molecule has 0 aromatic heterocycles. The molecule has 28 heavy (non-hydrogen) atoms. The molecular formula is C21H29IN4O2. The van der Waals surface area contributed by atoms with Crippen molar-refractivity contribution in [1.82, 2.24) is 15.5 Å². The number of ether oxygens (including phenoxy) is 1. The second-order valence-electron chi connectivity index (χ2n) is 6.27. The van der Waals surface area contributed by atoms with Gasteiger partial charge in [0, 0.05) is 44.9 Å². The van der Waals surface area contributed by atoms with E-state index < -0.39 is 0 Å². The lowest BCUT2D eigenvalue weighted by Crippen LogP contribution is -2.42. The van der Waals surface area contributed by atoms with E-state index in [4.69, 9.17) is 4.74 Å². The number of amides is 1. The number of guanidine groups is 1. The van der Waals surface area contributed by atoms with E-state index in [2.05, 4.69) is 15.6 Å². The molecule has 0 bridgehead atoms. The lowest BCUT2D eigenvalue weighted by molar-refractivity contribution is 0.0954. The topological polar surface area (TPSA) is 66.0 Å². The van der Waals surface area contributed by atoms with Crippen LogP contribution in [0.3, 0.4) is 0 Å². The number of rotatable bonds is 7. The maximum Gasteiger partial charge on any atom is 0.251 e. The van der Waals surface area contributed by atoms with Crippen LogP contribution < -0.4 is 15.4 Å². The van der Waals surface area contributed by atoms with Gasteiger partial charge in [0.05, 0.1) is 7.11 Å². The summed E-state index contributed by atoms with van der Waals surface area (Å²) in [5.74, 6) is 1.54. The summed E-state index contributed by atoms with van der Waals surface area (Å²) in [6, 6.07) is 15.5. The van der Waals surface area contributed by atoms with Crippen molar-refractivity contribution in [1.29, 1.82) is 0 Å². The van der Waals surface area contributed by atoms with Crippen LogP contribution in [0, 0.1) is 6.92 Å². The molecule has 0 spiro atoms. The molecule has 2 aromatic rings. The molecule has 152 valence electrons. The van der Waals surface area contributed by atoms with Gasteiger partial charge in [0.1, 0.15) is 5.75 Å². The van der Waals surface area contributed by atoms with Crippen LogP contribution in [0.25, 0.3) is 0 Å². The van der Waals surface area contributed by atoms with Gasteiger partial charge in [-0.25, -0.2) is 0 Å². The minimum atomic E-state index is -0.0714. The predicted molar refractivity (Wildman–Crippen MR) is 125 cm³/mol. The Labute approximate surface area is 184 Å². The van der Waals surface area contributed by atoms with Gasteiger partial charge in [-0.2, -0.15) is 0 Å². The quantitative estimate of drug-likeness (QED) is 0.268. The Morgan fingerprint density at radius 3 is 2.50 bits per heavy atom. The summed E-state index contributed by atoms with van der Waals surface area (Å²) >= 11 is 0. The molecule has 0 atom stereocenters. The molecule has 0 heterocycles. The van der Waals surface area contributed by atoms with Crippen LogP contribution in [-0.2, 0) is 6.54 Å². The fourth-order valence-electron chi connectivity index (χ4n) is 2.79. The highest BCUT2D eigenvalue weighted by molar-refractivity contribution is 14.0. The summed E-state index contributed by atoms with van der Waals surface area (Å²) in [5.41, 5.74) is 2.82. The standard InChI is InChI=1S/C21H28N4O2.HI/c1-16-8-7-10-17(14-16)20(26)23-12-13-24-21(22-2)25(3)15-18-9-5-6-11-19(18)27-4;/h5-11,14H,12-13,15H2,1-4H3,(H,22,24)(H,23,26);1H. The van der Waals surface area contributed by atoms with Gasteiger partial charge in [-0.05, 0) is 25.1 Å². The van der Waals surface area contributed by atoms with E-state index in [0.717, 1.165) is 22.8 Å². The van der Waals surface area contributed by atoms with E-state index in [0.29, 0.717) is 25.2 Å². The van der Waals surface area contributed by atoms with Gasteiger partial charge in [0.2, 0.25) is 0 Å². The molecule has 0 radical (unpaired) electrons. The second-order valence-corrected chi connectivity index (χ2v) is 6.27. The number of aliphatic imine (C=N–C) groups is 1. The monoisotopic (exact) mass is 496 g/mol. The molecule has 2 aromatic carbocycles. The van der Waals surface area contributed by atoms with E-state index in [1.54, 1.807) is 14.2 Å². The van der Waals surface area contributed by atoms with Crippen LogP contribution in [0.15, 0.2) is 53.5 Å². The largest absolute Gasteiger partial charge is 0.496 e. The zero-order valence-corrected chi connectivity index (χ0v) is 19.2. The Kier molecular flexibility index (Phi) is 10.4. The lowest BCUT2D eigenvalue weighted by atomic mass is 10.1. The number of hydrogen-bond acceptors (Lipinski definition) is 3. The Balaban J connectivity index is 0.00000392. The summed E-state index contributed by atoms with van der Waals surface area (Å²) in [6.45, 7) is 3.73. The highest BCUT2D eigenvalue weighted by Crippen LogP contribution is 2.18. The first-order valence-electron chi connectivity index (χ1n) is 8.93. The maximum atomic E-state index is 12.2. The smallest absolute Gasteiger partial charge is 0.251 e. The van der Waals surface area contributed by atoms with Crippen LogP contribution in [0.5, 0.6) is 5.75 Å². The van der Waals surface area contributed by atoms with Crippen LogP contribution in [0.4, 0.5) is 0 Å². The molecule has 0 saturated heterocycles. The second kappa shape index (κ2) is 12.2. The maximum absolute atomic E-state index is 12.2. The Morgan fingerprint density at radius 1 is 1.11 bits per heavy atom. The number of carbonyl (C=O) groups excluding carboxylic acids is 1. The average Bonchev–Trinajstić information content (AvgIpc) is 2.68. The lowest BCUT2D eigenvalue weighted by Gasteiger charge is -2.23. The van der Waals surface area contributed by atoms with Crippen molar-refractivity contribution >= 4 is 35.8 Å². The predicted octanol–water partition coefficient (Wildman–Crippen LogP) is 3.06. The van der Waals surface area contributed by atoms with Crippen molar-refractivity contribution < 1.29 is 9.53 Å². The summed E-state index contributed by atoms with van der Waals surface area (Å²) < 4.78 is 5.40. The number of para-hydroxylation sites is 1. The van der Waals surface area contributed by atoms with E-state index in [-0.39, 0.29) is 29.9 Å². The molecule has 2 rings (SSSR count). The first-order valence-corrected chi connectivity index (χ1v) is 8.93. The summed E-state index contributed by atoms with van der Waals surface area (Å²) in [5, 5.41) is 6.18. The minimum Gasteiger partial charge on any atom is -0.496 e. The fourth-order valence-corrected chi connectivity index (χ4v) is 2.79. The van der Waals surface area contributed by atoms with Crippen molar-refractivity contribution in [3.05, 3.63) is 65.2 Å². The van der Waals surface area contributed by atoms with Crippen molar-refractivity contribution in [2.75, 3.05) is 34.3 Å². The normalized spacial score (nSPS) is 10.6. The fraction of sp³-hybridized carbons (Fsp3) is 0.333. The highest BCUT2D eigenvalue weighted by atomic mass is 127. The molecule has 0 unspecified atom stereocenters. The van der Waals surface area contributed by atoms with E-state index in [1.165, 1.54) is 0 Å². The summed E-state index contributed by atoms with van der Waals surface area (Å²) in [7, 11) is 5.38. The number of carbonyl (C=O) groups is 1. The van der Waals surface area contributed by atoms with Gasteiger partial charge >= 0.3 is 0 Å². The molecule has 0 saturated carbocycles. The third-order valence-corrected chi connectivity index (χ3v) is 4.15. The molecular weight excluding hydrogens is 467 g/mol. The van der Waals surface area contributed by atoms with Crippen LogP contribution in [0.2, 0.25) is 0 Å². The van der Waals surface area contributed by atoms with Crippen molar-refractivity contribution in [2.45, 2.75) is 13.5 Å². The number of nitrogens with zero attached hydrogens (tertiary/aromatic N) is 2. The van der Waals surface area contributed by atoms with E-state index >= 15 is 0 Å². The summed E-state index contributed by atoms with van der Waals surface area (Å²) in [6.07, 6.45) is 0. The number of benzene rings is 2. The zero-order valence-electron chi connectivity index (χ0n) is 16.9. The Morgan fingerprint density at radius 2 is 1.82 bits per heavy atom. The molecule has 1 amide bonds. The molecule has 2 N–H and O–H groups in total. The molecule has 0 aliphatic heterocycles. The SMILES string of the molecule is CN=C(NCCNC(=O)c1cccc(C)c1)N(C)Cc1ccccc1OC.I. The Hall–Kier alpha value is -2.29. The van der Waals surface area contributed by atoms with E-state index in [1.807, 2.05) is 67.4 Å². The third kappa shape index (κ3) is 7.03. The van der Waals surface area contributed by atoms with Gasteiger partial charge in [0.25, 0.3) is 5.91 Å². The third-order valence-electron chi connectivity index (χ3n) is 4.15. The summed E-state index contributed by atoms with van der Waals surface area (Å²) in [4.78, 5) is 18.5. The van der Waals surface area contributed by atoms with Gasteiger partial charge in [-0.3, -0.25) is 9.79 Å². The molecule has 0 aliphatic carbocycles. The highest BCUT2D eigenvalue weighted by Gasteiger charge is 2.10. The average molecular weight is 496 g/mol. The molecule has 7 heteroatoms. The number of halogens is 1. The molecule has 0 aliphatic rings. The van der Waals surface area contributed by atoms with Crippen LogP contribution >= 0.6 is 24.0 Å². The number of hydrogen-bond donors (Lipinski definition) is 2. The van der Waals surface area contributed by atoms with Crippen molar-refractivity contribution in [3.8, 4) is 5.75 Å². The van der Waals surface area contributed by atoms with E-state index in [9.17, 15) is 4.79 Å². The van der Waals surface area contributed by atoms with Gasteiger partial charge in [-0.1, -0.05) is 35.9 Å². The number of nitrogens with one attached hydrogen (secondary N) is 2. The van der Waals surface area contributed by atoms with Gasteiger partial charge in [0.15, 0.2) is 5.96 Å². The van der Waals surface area contributed by atoms with Crippen molar-refractivity contribution in [2.24, 2.45) is 4.99 Å². The van der Waals surface area contributed by atoms with Gasteiger partial charge < -0.3 is 20.3 Å². The van der Waals surface area contributed by atoms with Crippen molar-refractivity contribution in [3.63, 3.8) is 0 Å². The molecule has 6 nitrogen and oxygen atoms in total. The van der Waals surface area contributed by atoms with Gasteiger partial charge in [-0.15, -0.1) is 24.0 Å². The van der Waals surface area contributed by atoms with Crippen LogP contribution in [-0.4, -0.2) is 51.1 Å². The zero-order chi connectivity index (χ0) is 19.6. The Bertz CT molecular complexity index is 795. The number of aryl methyl sites for hydroxylation is 1. The molecule has 0 fully saturated rings. The first kappa shape index (κ1) is 23.7. The minimum absolute atomic E-state index is 0.